The van der Waals surface area contributed by atoms with Crippen LogP contribution in [-0.2, 0) is 17.2 Å². The summed E-state index contributed by atoms with van der Waals surface area (Å²) in [6.45, 7) is 16.1. The van der Waals surface area contributed by atoms with Crippen molar-refractivity contribution in [3.05, 3.63) is 93.3 Å². The molecule has 0 spiro atoms. The lowest BCUT2D eigenvalue weighted by Crippen LogP contribution is -2.56. The molecule has 266 valence electrons. The molecule has 0 fully saturated rings. The Hall–Kier alpha value is -4.33. The average molecular weight is 734 g/mol. The van der Waals surface area contributed by atoms with Crippen LogP contribution in [-0.4, -0.2) is 48.1 Å². The number of alkyl halides is 4. The van der Waals surface area contributed by atoms with Crippen LogP contribution in [0.1, 0.15) is 75.7 Å². The Balaban J connectivity index is 0.00000257. The Morgan fingerprint density at radius 1 is 0.942 bits per heavy atom. The zero-order valence-corrected chi connectivity index (χ0v) is 30.2. The Morgan fingerprint density at radius 3 is 2.15 bits per heavy atom. The Bertz CT molecular complexity index is 2320. The summed E-state index contributed by atoms with van der Waals surface area (Å²) < 4.78 is 89.9. The molecule has 6 rings (SSSR count). The van der Waals surface area contributed by atoms with E-state index in [0.29, 0.717) is 22.7 Å². The van der Waals surface area contributed by atoms with Crippen molar-refractivity contribution < 1.29 is 26.3 Å². The number of fused-ring (bicyclic) bond motifs is 4. The van der Waals surface area contributed by atoms with Crippen LogP contribution in [0.2, 0.25) is 5.02 Å². The SMILES string of the molecule is CC.[B]C([B])(F)C([B])(C)n1c(=N)n(C(C)(C)C)c2c3c(c(Nc4nc(C)nc5c(C(F)(F)F)cc(F)cc45)cc21)C(c1cc(F)ccc1Cl)NC3=C. The van der Waals surface area contributed by atoms with E-state index in [1.165, 1.54) is 38.1 Å². The van der Waals surface area contributed by atoms with Crippen molar-refractivity contribution in [3.8, 4) is 0 Å². The molecule has 0 saturated heterocycles. The number of aryl methyl sites for hydroxylation is 1. The molecule has 2 atom stereocenters. The van der Waals surface area contributed by atoms with Crippen LogP contribution in [0.4, 0.5) is 37.8 Å². The van der Waals surface area contributed by atoms with Gasteiger partial charge >= 0.3 is 6.18 Å². The summed E-state index contributed by atoms with van der Waals surface area (Å²) in [5.74, 6) is -2.10. The van der Waals surface area contributed by atoms with Crippen LogP contribution in [0.3, 0.4) is 0 Å². The summed E-state index contributed by atoms with van der Waals surface area (Å²) in [5, 5.41) is 15.4. The lowest BCUT2D eigenvalue weighted by molar-refractivity contribution is -0.136. The quantitative estimate of drug-likeness (QED) is 0.126. The Kier molecular flexibility index (Phi) is 9.69. The minimum atomic E-state index is -4.96. The summed E-state index contributed by atoms with van der Waals surface area (Å²) in [5.41, 5.74) is -6.59. The molecule has 2 aromatic heterocycles. The predicted octanol–water partition coefficient (Wildman–Crippen LogP) is 8.11. The zero-order valence-electron chi connectivity index (χ0n) is 29.4. The fraction of sp³-hybridized carbons (Fsp3) is 0.343. The van der Waals surface area contributed by atoms with Crippen LogP contribution in [0.5, 0.6) is 0 Å². The first kappa shape index (κ1) is 38.9. The van der Waals surface area contributed by atoms with E-state index in [1.54, 1.807) is 25.3 Å². The maximum atomic E-state index is 15.5. The highest BCUT2D eigenvalue weighted by Crippen LogP contribution is 2.48. The monoisotopic (exact) mass is 733 g/mol. The van der Waals surface area contributed by atoms with Crippen molar-refractivity contribution in [2.75, 3.05) is 5.32 Å². The maximum Gasteiger partial charge on any atom is 0.418 e. The zero-order chi connectivity index (χ0) is 39.0. The lowest BCUT2D eigenvalue weighted by Gasteiger charge is -2.39. The molecule has 2 unspecified atom stereocenters. The first-order valence-corrected chi connectivity index (χ1v) is 16.5. The second-order valence-corrected chi connectivity index (χ2v) is 13.9. The molecule has 3 aromatic carbocycles. The fourth-order valence-electron chi connectivity index (χ4n) is 6.43. The predicted molar refractivity (Wildman–Crippen MR) is 195 cm³/mol. The smallest absolute Gasteiger partial charge is 0.374 e. The molecule has 0 saturated carbocycles. The van der Waals surface area contributed by atoms with Gasteiger partial charge in [0.25, 0.3) is 0 Å². The third-order valence-electron chi connectivity index (χ3n) is 8.73. The number of imidazole rings is 1. The number of nitrogens with one attached hydrogen (secondary N) is 3. The summed E-state index contributed by atoms with van der Waals surface area (Å²) in [6, 6.07) is 5.48. The molecule has 5 aromatic rings. The van der Waals surface area contributed by atoms with E-state index >= 15 is 4.39 Å². The lowest BCUT2D eigenvalue weighted by atomic mass is 9.49. The average Bonchev–Trinajstić information content (AvgIpc) is 3.52. The minimum absolute atomic E-state index is 0.0764. The standard InChI is InChI=1S/C33H27B3ClF6N7.C2H6/c1-13-23-24(26(45-13)17-9-15(38)7-8-20(17)37)21(48-28-18-10-16(39)11-19(32(40,41)42)25(18)46-14(2)47-28)12-22-27(23)50(30(3,4)5)29(44)49(22)31(6,34)33(35,36)43;1-2/h7-12,26,44-45H,1H2,2-6H3,(H,46,47,48);1-2H3. The van der Waals surface area contributed by atoms with Gasteiger partial charge < -0.3 is 19.8 Å². The third-order valence-corrected chi connectivity index (χ3v) is 9.08. The van der Waals surface area contributed by atoms with Crippen molar-refractivity contribution in [2.24, 2.45) is 0 Å². The fourth-order valence-corrected chi connectivity index (χ4v) is 6.66. The van der Waals surface area contributed by atoms with Crippen LogP contribution in [0, 0.1) is 24.0 Å². The van der Waals surface area contributed by atoms with Crippen molar-refractivity contribution in [1.29, 1.82) is 5.41 Å². The second-order valence-electron chi connectivity index (χ2n) is 13.5. The summed E-state index contributed by atoms with van der Waals surface area (Å²) in [4.78, 5) is 8.31. The van der Waals surface area contributed by atoms with Gasteiger partial charge in [-0.15, -0.1) is 0 Å². The first-order valence-electron chi connectivity index (χ1n) is 16.1. The van der Waals surface area contributed by atoms with Gasteiger partial charge in [0.15, 0.2) is 0 Å². The van der Waals surface area contributed by atoms with E-state index in [2.05, 4.69) is 27.2 Å². The number of hydrogen-bond donors (Lipinski definition) is 3. The molecule has 17 heteroatoms. The molecular formula is C35H33B3ClF6N7. The van der Waals surface area contributed by atoms with Crippen molar-refractivity contribution in [2.45, 2.75) is 77.1 Å². The molecular weight excluding hydrogens is 700 g/mol. The topological polar surface area (TPSA) is 83.6 Å². The van der Waals surface area contributed by atoms with E-state index < -0.39 is 51.4 Å². The number of benzene rings is 3. The highest BCUT2D eigenvalue weighted by atomic mass is 35.5. The number of anilines is 2. The molecule has 3 heterocycles. The van der Waals surface area contributed by atoms with Crippen LogP contribution in [0.15, 0.2) is 43.0 Å². The molecule has 52 heavy (non-hydrogen) atoms. The number of rotatable bonds is 5. The number of aromatic nitrogens is 4. The van der Waals surface area contributed by atoms with E-state index in [4.69, 9.17) is 35.1 Å². The molecule has 3 N–H and O–H groups in total. The van der Waals surface area contributed by atoms with Gasteiger partial charge in [0.1, 0.15) is 46.8 Å². The molecule has 6 radical (unpaired) electrons. The molecule has 1 aliphatic rings. The first-order chi connectivity index (χ1) is 23.9. The highest BCUT2D eigenvalue weighted by Gasteiger charge is 2.43. The summed E-state index contributed by atoms with van der Waals surface area (Å²) >= 11 is 6.59. The molecule has 1 aliphatic heterocycles. The summed E-state index contributed by atoms with van der Waals surface area (Å²) in [7, 11) is 17.9. The molecule has 0 bridgehead atoms. The van der Waals surface area contributed by atoms with Crippen molar-refractivity contribution in [1.82, 2.24) is 24.4 Å². The van der Waals surface area contributed by atoms with Gasteiger partial charge in [0, 0.05) is 54.9 Å². The van der Waals surface area contributed by atoms with Gasteiger partial charge in [-0.05, 0) is 71.0 Å². The van der Waals surface area contributed by atoms with Gasteiger partial charge in [-0.3, -0.25) is 9.80 Å². The van der Waals surface area contributed by atoms with E-state index in [1.807, 2.05) is 13.8 Å². The van der Waals surface area contributed by atoms with Gasteiger partial charge in [-0.1, -0.05) is 32.0 Å². The minimum Gasteiger partial charge on any atom is -0.374 e. The van der Waals surface area contributed by atoms with Gasteiger partial charge in [-0.25, -0.2) is 18.7 Å². The Morgan fingerprint density at radius 2 is 1.58 bits per heavy atom. The van der Waals surface area contributed by atoms with Crippen molar-refractivity contribution >= 4 is 74.3 Å². The largest absolute Gasteiger partial charge is 0.418 e. The molecule has 0 amide bonds. The van der Waals surface area contributed by atoms with Crippen LogP contribution in [0.25, 0.3) is 27.6 Å². The van der Waals surface area contributed by atoms with E-state index in [9.17, 15) is 27.4 Å². The summed E-state index contributed by atoms with van der Waals surface area (Å²) in [6.07, 6.45) is -4.96. The van der Waals surface area contributed by atoms with Crippen LogP contribution >= 0.6 is 11.6 Å². The molecule has 0 aliphatic carbocycles. The number of nitrogens with zero attached hydrogens (tertiary/aromatic N) is 4. The van der Waals surface area contributed by atoms with E-state index in [0.717, 1.165) is 10.6 Å². The normalized spacial score (nSPS) is 16.0. The van der Waals surface area contributed by atoms with Crippen molar-refractivity contribution in [3.63, 3.8) is 0 Å². The maximum absolute atomic E-state index is 15.5. The van der Waals surface area contributed by atoms with E-state index in [-0.39, 0.29) is 50.1 Å². The third kappa shape index (κ3) is 6.36. The van der Waals surface area contributed by atoms with Gasteiger partial charge in [-0.2, -0.15) is 13.2 Å². The second kappa shape index (κ2) is 13.0. The van der Waals surface area contributed by atoms with Gasteiger partial charge in [0.2, 0.25) is 5.62 Å². The highest BCUT2D eigenvalue weighted by molar-refractivity contribution is 6.43. The number of hydrogen-bond acceptors (Lipinski definition) is 5. The van der Waals surface area contributed by atoms with Crippen LogP contribution < -0.4 is 16.3 Å². The van der Waals surface area contributed by atoms with Gasteiger partial charge in [0.05, 0.1) is 28.2 Å². The number of halogens is 7. The Labute approximate surface area is 305 Å². The molecule has 7 nitrogen and oxygen atoms in total.